The summed E-state index contributed by atoms with van der Waals surface area (Å²) in [6, 6.07) is 6.01. The highest BCUT2D eigenvalue weighted by molar-refractivity contribution is 7.09. The van der Waals surface area contributed by atoms with Crippen molar-refractivity contribution in [2.24, 2.45) is 0 Å². The van der Waals surface area contributed by atoms with E-state index in [1.54, 1.807) is 18.3 Å². The molecule has 2 atom stereocenters. The van der Waals surface area contributed by atoms with Crippen LogP contribution in [0.4, 0.5) is 14.5 Å². The van der Waals surface area contributed by atoms with Crippen molar-refractivity contribution in [2.75, 3.05) is 5.32 Å². The Balaban J connectivity index is 1.68. The second-order valence-corrected chi connectivity index (χ2v) is 9.76. The summed E-state index contributed by atoms with van der Waals surface area (Å²) in [7, 11) is 0. The summed E-state index contributed by atoms with van der Waals surface area (Å²) in [4.78, 5) is 7.40. The van der Waals surface area contributed by atoms with Crippen molar-refractivity contribution in [2.45, 2.75) is 45.0 Å². The van der Waals surface area contributed by atoms with Gasteiger partial charge in [-0.25, -0.2) is 13.8 Å². The number of aryl methyl sites for hydroxylation is 1. The summed E-state index contributed by atoms with van der Waals surface area (Å²) in [5, 5.41) is 21.1. The number of fused-ring (bicyclic) bond motifs is 2. The van der Waals surface area contributed by atoms with Crippen molar-refractivity contribution in [3.63, 3.8) is 0 Å². The van der Waals surface area contributed by atoms with E-state index in [-0.39, 0.29) is 11.1 Å². The molecule has 0 unspecified atom stereocenters. The summed E-state index contributed by atoms with van der Waals surface area (Å²) in [5.41, 5.74) is 1.81. The third kappa shape index (κ3) is 3.30. The van der Waals surface area contributed by atoms with Crippen LogP contribution in [0.1, 0.15) is 36.0 Å². The molecule has 166 valence electrons. The zero-order valence-electron chi connectivity index (χ0n) is 18.0. The largest absolute Gasteiger partial charge is 0.389 e. The highest BCUT2D eigenvalue weighted by Gasteiger charge is 2.43. The maximum Gasteiger partial charge on any atom is 0.140 e. The van der Waals surface area contributed by atoms with Gasteiger partial charge in [0.2, 0.25) is 0 Å². The van der Waals surface area contributed by atoms with Gasteiger partial charge in [-0.1, -0.05) is 18.2 Å². The number of nitrogens with zero attached hydrogens (tertiary/aromatic N) is 1. The van der Waals surface area contributed by atoms with Crippen molar-refractivity contribution >= 4 is 27.9 Å². The van der Waals surface area contributed by atoms with Crippen LogP contribution >= 0.6 is 11.3 Å². The summed E-state index contributed by atoms with van der Waals surface area (Å²) in [5.74, 6) is -1.34. The third-order valence-corrected chi connectivity index (χ3v) is 7.01. The minimum Gasteiger partial charge on any atom is -0.389 e. The quantitative estimate of drug-likeness (QED) is 0.339. The van der Waals surface area contributed by atoms with Crippen molar-refractivity contribution in [3.05, 3.63) is 69.8 Å². The molecule has 0 spiro atoms. The number of rotatable bonds is 4. The van der Waals surface area contributed by atoms with Gasteiger partial charge in [0.15, 0.2) is 0 Å². The Hall–Kier alpha value is -2.81. The second kappa shape index (κ2) is 7.65. The van der Waals surface area contributed by atoms with Crippen molar-refractivity contribution in [1.82, 2.24) is 15.3 Å². The average Bonchev–Trinajstić information content (AvgIpc) is 3.39. The topological polar surface area (TPSA) is 73.0 Å². The maximum atomic E-state index is 16.1. The number of anilines is 1. The van der Waals surface area contributed by atoms with E-state index in [0.717, 1.165) is 16.0 Å². The van der Waals surface area contributed by atoms with Gasteiger partial charge in [-0.3, -0.25) is 0 Å². The van der Waals surface area contributed by atoms with E-state index in [0.29, 0.717) is 23.3 Å². The van der Waals surface area contributed by atoms with Crippen molar-refractivity contribution < 1.29 is 13.9 Å². The van der Waals surface area contributed by atoms with E-state index in [4.69, 9.17) is 0 Å². The third-order valence-electron chi connectivity index (χ3n) is 6.23. The summed E-state index contributed by atoms with van der Waals surface area (Å²) in [6.07, 6.45) is 2.58. The number of hydrogen-bond donors (Lipinski definition) is 4. The zero-order chi connectivity index (χ0) is 22.6. The van der Waals surface area contributed by atoms with Crippen LogP contribution in [0.25, 0.3) is 22.0 Å². The van der Waals surface area contributed by atoms with Crippen LogP contribution in [0.5, 0.6) is 0 Å². The van der Waals surface area contributed by atoms with Gasteiger partial charge in [0.25, 0.3) is 0 Å². The minimum absolute atomic E-state index is 0.106. The number of halogens is 2. The van der Waals surface area contributed by atoms with Gasteiger partial charge in [-0.05, 0) is 32.4 Å². The van der Waals surface area contributed by atoms with Gasteiger partial charge in [-0.2, -0.15) is 0 Å². The molecular weight excluding hydrogens is 430 g/mol. The number of para-hydroxylation sites is 1. The second-order valence-electron chi connectivity index (χ2n) is 8.78. The fraction of sp³-hybridized carbons (Fsp3) is 0.292. The molecule has 2 aromatic carbocycles. The number of benzene rings is 2. The molecule has 1 aliphatic rings. The molecule has 32 heavy (non-hydrogen) atoms. The molecule has 5 nitrogen and oxygen atoms in total. The lowest BCUT2D eigenvalue weighted by atomic mass is 9.81. The number of hydrogen-bond acceptors (Lipinski definition) is 5. The molecule has 5 rings (SSSR count). The van der Waals surface area contributed by atoms with Crippen LogP contribution in [-0.2, 0) is 6.54 Å². The van der Waals surface area contributed by atoms with E-state index < -0.39 is 29.3 Å². The molecule has 0 saturated carbocycles. The van der Waals surface area contributed by atoms with Gasteiger partial charge in [0.05, 0.1) is 28.8 Å². The normalized spacial score (nSPS) is 19.7. The molecule has 3 heterocycles. The summed E-state index contributed by atoms with van der Waals surface area (Å²) < 4.78 is 31.5. The lowest BCUT2D eigenvalue weighted by Gasteiger charge is -2.44. The fourth-order valence-electron chi connectivity index (χ4n) is 4.54. The van der Waals surface area contributed by atoms with Crippen LogP contribution in [-0.4, -0.2) is 26.7 Å². The Morgan fingerprint density at radius 3 is 2.84 bits per heavy atom. The molecule has 0 fully saturated rings. The first-order valence-electron chi connectivity index (χ1n) is 10.4. The van der Waals surface area contributed by atoms with Gasteiger partial charge < -0.3 is 20.7 Å². The maximum absolute atomic E-state index is 16.1. The van der Waals surface area contributed by atoms with Gasteiger partial charge in [0, 0.05) is 46.5 Å². The Kier molecular flexibility index (Phi) is 5.03. The minimum atomic E-state index is -0.953. The molecule has 0 amide bonds. The number of nitrogens with one attached hydrogen (secondary N) is 3. The monoisotopic (exact) mass is 454 g/mol. The first kappa shape index (κ1) is 21.1. The summed E-state index contributed by atoms with van der Waals surface area (Å²) in [6.45, 7) is 5.94. The van der Waals surface area contributed by atoms with Crippen LogP contribution in [0, 0.1) is 18.6 Å². The Morgan fingerprint density at radius 2 is 2.09 bits per heavy atom. The van der Waals surface area contributed by atoms with Crippen molar-refractivity contribution in [3.8, 4) is 11.1 Å². The van der Waals surface area contributed by atoms with E-state index in [2.05, 4.69) is 20.6 Å². The average molecular weight is 455 g/mol. The number of aliphatic hydroxyl groups is 1. The number of H-pyrrole nitrogens is 1. The molecule has 0 saturated heterocycles. The number of aromatic nitrogens is 2. The predicted molar refractivity (Wildman–Crippen MR) is 124 cm³/mol. The molecule has 4 aromatic rings. The zero-order valence-corrected chi connectivity index (χ0v) is 18.8. The van der Waals surface area contributed by atoms with Crippen LogP contribution < -0.4 is 10.6 Å². The van der Waals surface area contributed by atoms with Crippen LogP contribution in [0.15, 0.2) is 42.0 Å². The molecule has 0 radical (unpaired) electrons. The van der Waals surface area contributed by atoms with E-state index >= 15 is 8.78 Å². The number of aliphatic hydroxyl groups excluding tert-OH is 1. The van der Waals surface area contributed by atoms with E-state index in [1.807, 2.05) is 38.4 Å². The highest BCUT2D eigenvalue weighted by atomic mass is 32.1. The summed E-state index contributed by atoms with van der Waals surface area (Å²) >= 11 is 1.48. The first-order chi connectivity index (χ1) is 15.3. The standard InChI is InChI=1S/C24H24F2N4OS/c1-12-10-28-21-13(12)5-4-6-14(21)18-15(25)9-16-19(20(18)26)22(23(31)24(2,3)30-16)29-11-17-27-7-8-32-17/h4-10,22-23,28-31H,11H2,1-3H3/t22-,23+/m0/s1. The van der Waals surface area contributed by atoms with Crippen molar-refractivity contribution in [1.29, 1.82) is 0 Å². The predicted octanol–water partition coefficient (Wildman–Crippen LogP) is 5.27. The van der Waals surface area contributed by atoms with Gasteiger partial charge >= 0.3 is 0 Å². The van der Waals surface area contributed by atoms with E-state index in [9.17, 15) is 5.11 Å². The van der Waals surface area contributed by atoms with Gasteiger partial charge in [-0.15, -0.1) is 11.3 Å². The number of thiazole rings is 1. The fourth-order valence-corrected chi connectivity index (χ4v) is 5.11. The lowest BCUT2D eigenvalue weighted by Crippen LogP contribution is -2.54. The Morgan fingerprint density at radius 1 is 1.28 bits per heavy atom. The Labute approximate surface area is 188 Å². The first-order valence-corrected chi connectivity index (χ1v) is 11.3. The smallest absolute Gasteiger partial charge is 0.140 e. The van der Waals surface area contributed by atoms with Crippen LogP contribution in [0.2, 0.25) is 0 Å². The molecule has 8 heteroatoms. The molecular formula is C24H24F2N4OS. The molecule has 0 aliphatic carbocycles. The molecule has 2 aromatic heterocycles. The Bertz CT molecular complexity index is 1300. The van der Waals surface area contributed by atoms with Crippen LogP contribution in [0.3, 0.4) is 0 Å². The SMILES string of the molecule is Cc1c[nH]c2c(-c3c(F)cc4c(c3F)[C@H](NCc3nccs3)[C@@H](O)C(C)(C)N4)cccc12. The number of aromatic amines is 1. The lowest BCUT2D eigenvalue weighted by molar-refractivity contribution is 0.0663. The van der Waals surface area contributed by atoms with E-state index in [1.165, 1.54) is 17.4 Å². The highest BCUT2D eigenvalue weighted by Crippen LogP contribution is 2.44. The molecule has 0 bridgehead atoms. The molecule has 1 aliphatic heterocycles. The van der Waals surface area contributed by atoms with Gasteiger partial charge in [0.1, 0.15) is 16.6 Å². The molecule has 4 N–H and O–H groups in total.